The highest BCUT2D eigenvalue weighted by atomic mass is 16.5. The molecule has 0 radical (unpaired) electrons. The molecule has 0 aliphatic rings. The molecule has 2 rings (SSSR count). The van der Waals surface area contributed by atoms with Crippen LogP contribution in [0.2, 0.25) is 0 Å². The Morgan fingerprint density at radius 2 is 2.06 bits per heavy atom. The minimum Gasteiger partial charge on any atom is -0.456 e. The normalized spacial score (nSPS) is 10.1. The Balaban J connectivity index is 1.97. The Kier molecular flexibility index (Phi) is 3.00. The number of carbonyl (C=O) groups excluding carboxylic acids is 1. The van der Waals surface area contributed by atoms with Gasteiger partial charge in [-0.15, -0.1) is 0 Å². The lowest BCUT2D eigenvalue weighted by Gasteiger charge is -2.04. The molecule has 0 fully saturated rings. The first-order chi connectivity index (χ1) is 7.77. The summed E-state index contributed by atoms with van der Waals surface area (Å²) in [4.78, 5) is 11.6. The van der Waals surface area contributed by atoms with Crippen LogP contribution in [0, 0.1) is 0 Å². The zero-order chi connectivity index (χ0) is 11.4. The first kappa shape index (κ1) is 10.4. The molecular formula is C12H12N2O2. The fourth-order valence-corrected chi connectivity index (χ4v) is 1.37. The average Bonchev–Trinajstić information content (AvgIpc) is 2.74. The highest BCUT2D eigenvalue weighted by molar-refractivity contribution is 5.87. The van der Waals surface area contributed by atoms with Gasteiger partial charge in [0.1, 0.15) is 12.3 Å². The van der Waals surface area contributed by atoms with Crippen molar-refractivity contribution in [3.05, 3.63) is 53.9 Å². The quantitative estimate of drug-likeness (QED) is 0.734. The molecule has 0 saturated heterocycles. The molecule has 0 bridgehead atoms. The van der Waals surface area contributed by atoms with E-state index in [0.717, 1.165) is 5.56 Å². The van der Waals surface area contributed by atoms with Crippen molar-refractivity contribution in [3.8, 4) is 0 Å². The minimum absolute atomic E-state index is 0.283. The fourth-order valence-electron chi connectivity index (χ4n) is 1.37. The van der Waals surface area contributed by atoms with Crippen LogP contribution in [-0.2, 0) is 18.4 Å². The topological polar surface area (TPSA) is 44.1 Å². The van der Waals surface area contributed by atoms with Crippen molar-refractivity contribution in [3.63, 3.8) is 0 Å². The van der Waals surface area contributed by atoms with E-state index in [1.54, 1.807) is 19.3 Å². The van der Waals surface area contributed by atoms with Crippen molar-refractivity contribution in [2.45, 2.75) is 6.61 Å². The second kappa shape index (κ2) is 4.61. The van der Waals surface area contributed by atoms with Crippen LogP contribution < -0.4 is 0 Å². The molecule has 1 heterocycles. The van der Waals surface area contributed by atoms with Gasteiger partial charge in [0, 0.05) is 13.2 Å². The summed E-state index contributed by atoms with van der Waals surface area (Å²) in [5.41, 5.74) is 1.42. The molecule has 0 unspecified atom stereocenters. The number of aromatic nitrogens is 2. The summed E-state index contributed by atoms with van der Waals surface area (Å²) in [7, 11) is 1.71. The van der Waals surface area contributed by atoms with E-state index in [4.69, 9.17) is 4.74 Å². The zero-order valence-electron chi connectivity index (χ0n) is 8.96. The van der Waals surface area contributed by atoms with E-state index in [1.807, 2.05) is 30.3 Å². The number of carbonyl (C=O) groups is 1. The van der Waals surface area contributed by atoms with E-state index in [-0.39, 0.29) is 12.6 Å². The van der Waals surface area contributed by atoms with Gasteiger partial charge in [0.15, 0.2) is 0 Å². The second-order valence-electron chi connectivity index (χ2n) is 3.40. The van der Waals surface area contributed by atoms with E-state index < -0.39 is 0 Å². The molecule has 16 heavy (non-hydrogen) atoms. The third-order valence-corrected chi connectivity index (χ3v) is 2.24. The number of benzene rings is 1. The van der Waals surface area contributed by atoms with Gasteiger partial charge in [0.2, 0.25) is 0 Å². The lowest BCUT2D eigenvalue weighted by Crippen LogP contribution is -2.10. The van der Waals surface area contributed by atoms with Crippen molar-refractivity contribution in [2.75, 3.05) is 0 Å². The van der Waals surface area contributed by atoms with Crippen molar-refractivity contribution in [2.24, 2.45) is 7.05 Å². The Hall–Kier alpha value is -2.10. The molecule has 0 aliphatic carbocycles. The molecule has 0 atom stereocenters. The summed E-state index contributed by atoms with van der Waals surface area (Å²) in [6.45, 7) is 0.283. The Labute approximate surface area is 93.5 Å². The van der Waals surface area contributed by atoms with E-state index in [9.17, 15) is 4.79 Å². The van der Waals surface area contributed by atoms with Gasteiger partial charge in [-0.1, -0.05) is 30.3 Å². The standard InChI is InChI=1S/C12H12N2O2/c1-14-11(7-8-13-14)12(15)16-9-10-5-3-2-4-6-10/h2-8H,9H2,1H3. The minimum atomic E-state index is -0.358. The molecule has 0 aliphatic heterocycles. The number of aryl methyl sites for hydroxylation is 1. The highest BCUT2D eigenvalue weighted by Crippen LogP contribution is 2.04. The second-order valence-corrected chi connectivity index (χ2v) is 3.40. The van der Waals surface area contributed by atoms with Crippen LogP contribution >= 0.6 is 0 Å². The third-order valence-electron chi connectivity index (χ3n) is 2.24. The van der Waals surface area contributed by atoms with Gasteiger partial charge in [-0.05, 0) is 11.6 Å². The molecule has 4 nitrogen and oxygen atoms in total. The smallest absolute Gasteiger partial charge is 0.356 e. The summed E-state index contributed by atoms with van der Waals surface area (Å²) < 4.78 is 6.65. The number of nitrogens with zero attached hydrogens (tertiary/aromatic N) is 2. The Bertz CT molecular complexity index is 477. The van der Waals surface area contributed by atoms with E-state index in [2.05, 4.69) is 5.10 Å². The summed E-state index contributed by atoms with van der Waals surface area (Å²) in [6, 6.07) is 11.2. The molecule has 0 spiro atoms. The fraction of sp³-hybridized carbons (Fsp3) is 0.167. The summed E-state index contributed by atoms with van der Waals surface area (Å²) >= 11 is 0. The average molecular weight is 216 g/mol. The number of esters is 1. The van der Waals surface area contributed by atoms with Crippen molar-refractivity contribution < 1.29 is 9.53 Å². The van der Waals surface area contributed by atoms with Crippen LogP contribution in [0.1, 0.15) is 16.1 Å². The lowest BCUT2D eigenvalue weighted by molar-refractivity contribution is 0.0460. The molecule has 4 heteroatoms. The van der Waals surface area contributed by atoms with Crippen LogP contribution in [0.3, 0.4) is 0 Å². The SMILES string of the molecule is Cn1nccc1C(=O)OCc1ccccc1. The molecular weight excluding hydrogens is 204 g/mol. The van der Waals surface area contributed by atoms with Crippen LogP contribution in [0.25, 0.3) is 0 Å². The zero-order valence-corrected chi connectivity index (χ0v) is 8.96. The summed E-state index contributed by atoms with van der Waals surface area (Å²) in [5, 5.41) is 3.91. The van der Waals surface area contributed by atoms with Gasteiger partial charge in [0.25, 0.3) is 0 Å². The van der Waals surface area contributed by atoms with Crippen molar-refractivity contribution in [1.29, 1.82) is 0 Å². The van der Waals surface area contributed by atoms with Crippen LogP contribution in [0.5, 0.6) is 0 Å². The van der Waals surface area contributed by atoms with Crippen LogP contribution in [-0.4, -0.2) is 15.7 Å². The van der Waals surface area contributed by atoms with Crippen LogP contribution in [0.4, 0.5) is 0 Å². The number of hydrogen-bond donors (Lipinski definition) is 0. The first-order valence-corrected chi connectivity index (χ1v) is 4.96. The number of rotatable bonds is 3. The molecule has 0 amide bonds. The van der Waals surface area contributed by atoms with Crippen LogP contribution in [0.15, 0.2) is 42.6 Å². The van der Waals surface area contributed by atoms with Gasteiger partial charge in [-0.25, -0.2) is 4.79 Å². The van der Waals surface area contributed by atoms with Gasteiger partial charge in [-0.2, -0.15) is 5.10 Å². The summed E-state index contributed by atoms with van der Waals surface area (Å²) in [5.74, 6) is -0.358. The van der Waals surface area contributed by atoms with E-state index in [1.165, 1.54) is 4.68 Å². The molecule has 1 aromatic carbocycles. The molecule has 2 aromatic rings. The van der Waals surface area contributed by atoms with Crippen molar-refractivity contribution in [1.82, 2.24) is 9.78 Å². The predicted molar refractivity (Wildman–Crippen MR) is 58.8 cm³/mol. The van der Waals surface area contributed by atoms with E-state index >= 15 is 0 Å². The van der Waals surface area contributed by atoms with E-state index in [0.29, 0.717) is 5.69 Å². The van der Waals surface area contributed by atoms with Gasteiger partial charge in [0.05, 0.1) is 0 Å². The molecule has 0 saturated carbocycles. The maximum Gasteiger partial charge on any atom is 0.356 e. The number of hydrogen-bond acceptors (Lipinski definition) is 3. The predicted octanol–water partition coefficient (Wildman–Crippen LogP) is 1.78. The number of ether oxygens (including phenoxy) is 1. The molecule has 1 aromatic heterocycles. The van der Waals surface area contributed by atoms with Gasteiger partial charge < -0.3 is 4.74 Å². The molecule has 82 valence electrons. The molecule has 0 N–H and O–H groups in total. The maximum absolute atomic E-state index is 11.6. The lowest BCUT2D eigenvalue weighted by atomic mass is 10.2. The third kappa shape index (κ3) is 2.28. The van der Waals surface area contributed by atoms with Crippen molar-refractivity contribution >= 4 is 5.97 Å². The highest BCUT2D eigenvalue weighted by Gasteiger charge is 2.10. The largest absolute Gasteiger partial charge is 0.456 e. The van der Waals surface area contributed by atoms with Gasteiger partial charge in [-0.3, -0.25) is 4.68 Å². The monoisotopic (exact) mass is 216 g/mol. The van der Waals surface area contributed by atoms with Gasteiger partial charge >= 0.3 is 5.97 Å². The maximum atomic E-state index is 11.6. The first-order valence-electron chi connectivity index (χ1n) is 4.96. The Morgan fingerprint density at radius 3 is 2.69 bits per heavy atom. The summed E-state index contributed by atoms with van der Waals surface area (Å²) in [6.07, 6.45) is 1.57. The Morgan fingerprint density at radius 1 is 1.31 bits per heavy atom.